The predicted octanol–water partition coefficient (Wildman–Crippen LogP) is 4.70. The molecule has 1 aliphatic rings. The van der Waals surface area contributed by atoms with E-state index in [0.717, 1.165) is 44.4 Å². The second-order valence-corrected chi connectivity index (χ2v) is 6.78. The SMILES string of the molecule is Cc1ccc2c(-c3ccc(F)c(C)c3)c(C3=CCOCC3)c[n+]([O-])c2c1. The van der Waals surface area contributed by atoms with Crippen LogP contribution in [0.5, 0.6) is 0 Å². The van der Waals surface area contributed by atoms with Gasteiger partial charge in [-0.05, 0) is 60.7 Å². The van der Waals surface area contributed by atoms with E-state index in [1.807, 2.05) is 37.3 Å². The van der Waals surface area contributed by atoms with E-state index in [-0.39, 0.29) is 5.82 Å². The monoisotopic (exact) mass is 349 g/mol. The molecule has 0 fully saturated rings. The van der Waals surface area contributed by atoms with Gasteiger partial charge in [0, 0.05) is 11.6 Å². The van der Waals surface area contributed by atoms with Crippen molar-refractivity contribution in [2.45, 2.75) is 20.3 Å². The van der Waals surface area contributed by atoms with Crippen LogP contribution in [0, 0.1) is 24.9 Å². The number of hydrogen-bond acceptors (Lipinski definition) is 2. The van der Waals surface area contributed by atoms with Crippen LogP contribution in [0.2, 0.25) is 0 Å². The molecule has 0 radical (unpaired) electrons. The van der Waals surface area contributed by atoms with Gasteiger partial charge in [-0.3, -0.25) is 0 Å². The number of pyridine rings is 1. The number of aromatic nitrogens is 1. The first kappa shape index (κ1) is 16.7. The Balaban J connectivity index is 2.07. The minimum absolute atomic E-state index is 0.226. The average molecular weight is 349 g/mol. The van der Waals surface area contributed by atoms with Gasteiger partial charge < -0.3 is 9.94 Å². The quantitative estimate of drug-likeness (QED) is 0.497. The standard InChI is InChI=1S/C22H20FNO2/c1-14-3-5-18-21(11-14)24(25)13-19(16-7-9-26-10-8-16)22(18)17-4-6-20(23)15(2)12-17/h3-7,11-13H,8-10H2,1-2H3. The Bertz CT molecular complexity index is 1040. The highest BCUT2D eigenvalue weighted by Gasteiger charge is 2.21. The zero-order valence-corrected chi connectivity index (χ0v) is 14.9. The molecule has 1 aromatic heterocycles. The summed E-state index contributed by atoms with van der Waals surface area (Å²) in [5, 5.41) is 13.6. The lowest BCUT2D eigenvalue weighted by Gasteiger charge is -2.19. The maximum atomic E-state index is 13.8. The van der Waals surface area contributed by atoms with Crippen LogP contribution in [0.4, 0.5) is 4.39 Å². The molecule has 0 bridgehead atoms. The lowest BCUT2D eigenvalue weighted by Crippen LogP contribution is -2.28. The summed E-state index contributed by atoms with van der Waals surface area (Å²) in [4.78, 5) is 0. The van der Waals surface area contributed by atoms with Crippen molar-refractivity contribution in [1.82, 2.24) is 0 Å². The summed E-state index contributed by atoms with van der Waals surface area (Å²) in [6, 6.07) is 11.0. The Labute approximate surface area is 151 Å². The van der Waals surface area contributed by atoms with E-state index in [4.69, 9.17) is 4.74 Å². The summed E-state index contributed by atoms with van der Waals surface area (Å²) in [6.45, 7) is 4.91. The van der Waals surface area contributed by atoms with Crippen LogP contribution in [0.25, 0.3) is 27.6 Å². The molecule has 2 heterocycles. The first-order valence-electron chi connectivity index (χ1n) is 8.75. The summed E-state index contributed by atoms with van der Waals surface area (Å²) >= 11 is 0. The topological polar surface area (TPSA) is 36.2 Å². The maximum Gasteiger partial charge on any atom is 0.224 e. The highest BCUT2D eigenvalue weighted by molar-refractivity contribution is 5.99. The molecule has 132 valence electrons. The van der Waals surface area contributed by atoms with E-state index < -0.39 is 0 Å². The van der Waals surface area contributed by atoms with Crippen molar-refractivity contribution in [3.05, 3.63) is 76.4 Å². The molecule has 0 amide bonds. The fourth-order valence-electron chi connectivity index (χ4n) is 3.56. The molecular weight excluding hydrogens is 329 g/mol. The highest BCUT2D eigenvalue weighted by Crippen LogP contribution is 2.36. The molecule has 4 rings (SSSR count). The van der Waals surface area contributed by atoms with Crippen molar-refractivity contribution in [2.75, 3.05) is 13.2 Å². The van der Waals surface area contributed by atoms with Crippen molar-refractivity contribution < 1.29 is 13.9 Å². The van der Waals surface area contributed by atoms with Crippen molar-refractivity contribution in [1.29, 1.82) is 0 Å². The van der Waals surface area contributed by atoms with Gasteiger partial charge in [0.25, 0.3) is 0 Å². The second-order valence-electron chi connectivity index (χ2n) is 6.78. The summed E-state index contributed by atoms with van der Waals surface area (Å²) in [5.74, 6) is -0.226. The highest BCUT2D eigenvalue weighted by atomic mass is 19.1. The van der Waals surface area contributed by atoms with Gasteiger partial charge in [0.2, 0.25) is 5.52 Å². The van der Waals surface area contributed by atoms with Crippen molar-refractivity contribution in [3.8, 4) is 11.1 Å². The van der Waals surface area contributed by atoms with Crippen LogP contribution in [-0.4, -0.2) is 13.2 Å². The first-order chi connectivity index (χ1) is 12.5. The van der Waals surface area contributed by atoms with Crippen LogP contribution in [0.3, 0.4) is 0 Å². The zero-order chi connectivity index (χ0) is 18.3. The van der Waals surface area contributed by atoms with Gasteiger partial charge in [-0.2, -0.15) is 4.73 Å². The van der Waals surface area contributed by atoms with Gasteiger partial charge in [0.15, 0.2) is 6.20 Å². The minimum atomic E-state index is -0.226. The number of benzene rings is 2. The third-order valence-electron chi connectivity index (χ3n) is 4.93. The Morgan fingerprint density at radius 3 is 2.69 bits per heavy atom. The Morgan fingerprint density at radius 2 is 1.96 bits per heavy atom. The number of ether oxygens (including phenoxy) is 1. The predicted molar refractivity (Wildman–Crippen MR) is 101 cm³/mol. The van der Waals surface area contributed by atoms with Crippen molar-refractivity contribution in [3.63, 3.8) is 0 Å². The second kappa shape index (κ2) is 6.54. The lowest BCUT2D eigenvalue weighted by atomic mass is 9.89. The fourth-order valence-corrected chi connectivity index (χ4v) is 3.56. The number of halogens is 1. The summed E-state index contributed by atoms with van der Waals surface area (Å²) < 4.78 is 20.2. The van der Waals surface area contributed by atoms with Crippen LogP contribution in [0.15, 0.2) is 48.7 Å². The smallest absolute Gasteiger partial charge is 0.224 e. The molecule has 0 atom stereocenters. The fraction of sp³-hybridized carbons (Fsp3) is 0.227. The van der Waals surface area contributed by atoms with Gasteiger partial charge in [-0.15, -0.1) is 0 Å². The number of nitrogens with zero attached hydrogens (tertiary/aromatic N) is 1. The molecule has 0 aliphatic carbocycles. The molecule has 26 heavy (non-hydrogen) atoms. The molecule has 0 saturated carbocycles. The van der Waals surface area contributed by atoms with E-state index in [1.54, 1.807) is 19.2 Å². The van der Waals surface area contributed by atoms with E-state index in [1.165, 1.54) is 6.07 Å². The van der Waals surface area contributed by atoms with Gasteiger partial charge in [-0.25, -0.2) is 4.39 Å². The molecule has 0 saturated heterocycles. The summed E-state index contributed by atoms with van der Waals surface area (Å²) in [5.41, 5.74) is 6.13. The van der Waals surface area contributed by atoms with Crippen LogP contribution < -0.4 is 4.73 Å². The Kier molecular flexibility index (Phi) is 4.21. The van der Waals surface area contributed by atoms with Crippen molar-refractivity contribution in [2.24, 2.45) is 0 Å². The van der Waals surface area contributed by atoms with Gasteiger partial charge in [-0.1, -0.05) is 18.2 Å². The normalized spacial score (nSPS) is 14.5. The molecule has 1 aliphatic heterocycles. The van der Waals surface area contributed by atoms with Gasteiger partial charge in [0.1, 0.15) is 5.82 Å². The van der Waals surface area contributed by atoms with Crippen molar-refractivity contribution >= 4 is 16.5 Å². The van der Waals surface area contributed by atoms with E-state index in [2.05, 4.69) is 0 Å². The van der Waals surface area contributed by atoms with E-state index >= 15 is 0 Å². The van der Waals surface area contributed by atoms with Crippen LogP contribution in [-0.2, 0) is 4.74 Å². The first-order valence-corrected chi connectivity index (χ1v) is 8.75. The van der Waals surface area contributed by atoms with E-state index in [0.29, 0.717) is 24.3 Å². The Morgan fingerprint density at radius 1 is 1.12 bits per heavy atom. The third-order valence-corrected chi connectivity index (χ3v) is 4.93. The number of aryl methyl sites for hydroxylation is 2. The van der Waals surface area contributed by atoms with Crippen LogP contribution in [0.1, 0.15) is 23.1 Å². The lowest BCUT2D eigenvalue weighted by molar-refractivity contribution is -0.577. The molecule has 3 nitrogen and oxygen atoms in total. The average Bonchev–Trinajstić information content (AvgIpc) is 2.65. The Hall–Kier alpha value is -2.72. The number of rotatable bonds is 2. The molecule has 0 N–H and O–H groups in total. The number of fused-ring (bicyclic) bond motifs is 1. The molecular formula is C22H20FNO2. The van der Waals surface area contributed by atoms with Crippen LogP contribution >= 0.6 is 0 Å². The van der Waals surface area contributed by atoms with E-state index in [9.17, 15) is 9.60 Å². The molecule has 0 unspecified atom stereocenters. The maximum absolute atomic E-state index is 13.8. The van der Waals surface area contributed by atoms with Gasteiger partial charge in [0.05, 0.1) is 24.2 Å². The molecule has 0 spiro atoms. The minimum Gasteiger partial charge on any atom is -0.618 e. The molecule has 3 aromatic rings. The summed E-state index contributed by atoms with van der Waals surface area (Å²) in [7, 11) is 0. The summed E-state index contributed by atoms with van der Waals surface area (Å²) in [6.07, 6.45) is 4.43. The zero-order valence-electron chi connectivity index (χ0n) is 14.9. The molecule has 4 heteroatoms. The largest absolute Gasteiger partial charge is 0.618 e. The number of hydrogen-bond donors (Lipinski definition) is 0. The third kappa shape index (κ3) is 2.86. The van der Waals surface area contributed by atoms with Gasteiger partial charge >= 0.3 is 0 Å². The molecule has 2 aromatic carbocycles.